The maximum Gasteiger partial charge on any atom is 0.0558 e. The quantitative estimate of drug-likeness (QED) is 0.762. The number of hydrogen-bond donors (Lipinski definition) is 1. The highest BCUT2D eigenvalue weighted by Crippen LogP contribution is 2.19. The maximum atomic E-state index is 8.88. The highest BCUT2D eigenvalue weighted by atomic mass is 16.3. The molecule has 0 amide bonds. The van der Waals surface area contributed by atoms with Gasteiger partial charge in [0, 0.05) is 19.6 Å². The van der Waals surface area contributed by atoms with Crippen molar-refractivity contribution in [1.82, 2.24) is 4.90 Å². The Bertz CT molecular complexity index is 322. The average Bonchev–Trinajstić information content (AvgIpc) is 2.17. The Labute approximate surface area is 85.2 Å². The Kier molecular flexibility index (Phi) is 2.85. The van der Waals surface area contributed by atoms with Crippen molar-refractivity contribution < 1.29 is 5.11 Å². The Hall–Kier alpha value is -0.860. The van der Waals surface area contributed by atoms with Crippen LogP contribution < -0.4 is 0 Å². The van der Waals surface area contributed by atoms with E-state index in [1.54, 1.807) is 0 Å². The minimum atomic E-state index is 0.265. The van der Waals surface area contributed by atoms with Crippen molar-refractivity contribution in [2.45, 2.75) is 19.9 Å². The Morgan fingerprint density at radius 3 is 3.00 bits per heavy atom. The van der Waals surface area contributed by atoms with Gasteiger partial charge in [-0.15, -0.1) is 0 Å². The minimum absolute atomic E-state index is 0.265. The molecule has 0 spiro atoms. The first-order valence-electron chi connectivity index (χ1n) is 5.21. The average molecular weight is 191 g/mol. The summed E-state index contributed by atoms with van der Waals surface area (Å²) in [5.41, 5.74) is 4.24. The summed E-state index contributed by atoms with van der Waals surface area (Å²) in [6, 6.07) is 6.68. The topological polar surface area (TPSA) is 23.5 Å². The fraction of sp³-hybridized carbons (Fsp3) is 0.500. The van der Waals surface area contributed by atoms with Crippen LogP contribution in [-0.2, 0) is 13.0 Å². The van der Waals surface area contributed by atoms with Crippen molar-refractivity contribution in [1.29, 1.82) is 0 Å². The number of aryl methyl sites for hydroxylation is 1. The van der Waals surface area contributed by atoms with Gasteiger partial charge in [0.05, 0.1) is 6.61 Å². The van der Waals surface area contributed by atoms with Gasteiger partial charge < -0.3 is 5.11 Å². The number of aliphatic hydroxyl groups is 1. The second-order valence-electron chi connectivity index (χ2n) is 4.02. The van der Waals surface area contributed by atoms with Gasteiger partial charge in [-0.05, 0) is 24.5 Å². The summed E-state index contributed by atoms with van der Waals surface area (Å²) < 4.78 is 0. The summed E-state index contributed by atoms with van der Waals surface area (Å²) in [6.45, 7) is 5.27. The van der Waals surface area contributed by atoms with Crippen molar-refractivity contribution in [3.63, 3.8) is 0 Å². The molecule has 0 radical (unpaired) electrons. The third kappa shape index (κ3) is 1.97. The molecule has 0 atom stereocenters. The van der Waals surface area contributed by atoms with Gasteiger partial charge in [0.1, 0.15) is 0 Å². The van der Waals surface area contributed by atoms with Crippen LogP contribution in [0.3, 0.4) is 0 Å². The number of β-amino-alcohol motifs (C(OH)–C–C–N with tert-alkyl or cyclic N) is 1. The van der Waals surface area contributed by atoms with Gasteiger partial charge >= 0.3 is 0 Å². The van der Waals surface area contributed by atoms with Crippen molar-refractivity contribution in [3.8, 4) is 0 Å². The number of nitrogens with zero attached hydrogens (tertiary/aromatic N) is 1. The Morgan fingerprint density at radius 2 is 2.21 bits per heavy atom. The molecule has 0 aromatic heterocycles. The highest BCUT2D eigenvalue weighted by Gasteiger charge is 2.14. The van der Waals surface area contributed by atoms with E-state index in [4.69, 9.17) is 5.11 Å². The van der Waals surface area contributed by atoms with Gasteiger partial charge in [-0.3, -0.25) is 4.90 Å². The van der Waals surface area contributed by atoms with Crippen LogP contribution in [0.5, 0.6) is 0 Å². The summed E-state index contributed by atoms with van der Waals surface area (Å²) >= 11 is 0. The van der Waals surface area contributed by atoms with Crippen molar-refractivity contribution in [3.05, 3.63) is 34.9 Å². The van der Waals surface area contributed by atoms with Crippen LogP contribution in [-0.4, -0.2) is 29.7 Å². The van der Waals surface area contributed by atoms with Crippen molar-refractivity contribution in [2.24, 2.45) is 0 Å². The third-order valence-electron chi connectivity index (χ3n) is 2.87. The second-order valence-corrected chi connectivity index (χ2v) is 4.02. The van der Waals surface area contributed by atoms with Gasteiger partial charge in [0.2, 0.25) is 0 Å². The van der Waals surface area contributed by atoms with E-state index >= 15 is 0 Å². The molecule has 1 aromatic carbocycles. The Balaban J connectivity index is 2.16. The van der Waals surface area contributed by atoms with Gasteiger partial charge in [-0.2, -0.15) is 0 Å². The minimum Gasteiger partial charge on any atom is -0.395 e. The number of hydrogen-bond acceptors (Lipinski definition) is 2. The number of rotatable bonds is 2. The van der Waals surface area contributed by atoms with E-state index in [0.717, 1.165) is 26.1 Å². The monoisotopic (exact) mass is 191 g/mol. The molecule has 1 N–H and O–H groups in total. The molecule has 2 nitrogen and oxygen atoms in total. The molecule has 0 fully saturated rings. The molecular formula is C12H17NO. The zero-order valence-electron chi connectivity index (χ0n) is 8.66. The fourth-order valence-electron chi connectivity index (χ4n) is 2.08. The molecule has 0 saturated carbocycles. The summed E-state index contributed by atoms with van der Waals surface area (Å²) in [4.78, 5) is 2.31. The van der Waals surface area contributed by atoms with Crippen LogP contribution in [0.1, 0.15) is 16.7 Å². The predicted molar refractivity (Wildman–Crippen MR) is 57.2 cm³/mol. The first kappa shape index (κ1) is 9.69. The number of fused-ring (bicyclic) bond motifs is 1. The predicted octanol–water partition coefficient (Wildman–Crippen LogP) is 1.35. The summed E-state index contributed by atoms with van der Waals surface area (Å²) in [5.74, 6) is 0. The van der Waals surface area contributed by atoms with Crippen LogP contribution in [0.2, 0.25) is 0 Å². The smallest absolute Gasteiger partial charge is 0.0558 e. The van der Waals surface area contributed by atoms with E-state index in [2.05, 4.69) is 30.0 Å². The molecule has 1 aliphatic rings. The molecule has 14 heavy (non-hydrogen) atoms. The second kappa shape index (κ2) is 4.11. The van der Waals surface area contributed by atoms with Crippen LogP contribution in [0.15, 0.2) is 18.2 Å². The van der Waals surface area contributed by atoms with E-state index < -0.39 is 0 Å². The van der Waals surface area contributed by atoms with E-state index in [-0.39, 0.29) is 6.61 Å². The maximum absolute atomic E-state index is 8.88. The first-order valence-corrected chi connectivity index (χ1v) is 5.21. The largest absolute Gasteiger partial charge is 0.395 e. The van der Waals surface area contributed by atoms with Crippen molar-refractivity contribution in [2.75, 3.05) is 19.7 Å². The van der Waals surface area contributed by atoms with E-state index in [9.17, 15) is 0 Å². The van der Waals surface area contributed by atoms with E-state index in [1.807, 2.05) is 0 Å². The lowest BCUT2D eigenvalue weighted by molar-refractivity contribution is 0.184. The van der Waals surface area contributed by atoms with E-state index in [1.165, 1.54) is 16.7 Å². The molecule has 1 heterocycles. The molecule has 2 rings (SSSR count). The lowest BCUT2D eigenvalue weighted by Gasteiger charge is -2.28. The van der Waals surface area contributed by atoms with Crippen molar-refractivity contribution >= 4 is 0 Å². The molecule has 0 saturated heterocycles. The molecule has 2 heteroatoms. The SMILES string of the molecule is Cc1ccc2c(c1)CN(CCO)CC2. The lowest BCUT2D eigenvalue weighted by Crippen LogP contribution is -2.32. The highest BCUT2D eigenvalue weighted by molar-refractivity contribution is 5.33. The van der Waals surface area contributed by atoms with Crippen LogP contribution in [0.25, 0.3) is 0 Å². The standard InChI is InChI=1S/C12H17NO/c1-10-2-3-11-4-5-13(6-7-14)9-12(11)8-10/h2-3,8,14H,4-7,9H2,1H3. The molecule has 1 aromatic rings. The molecular weight excluding hydrogens is 174 g/mol. The zero-order chi connectivity index (χ0) is 9.97. The number of benzene rings is 1. The van der Waals surface area contributed by atoms with Crippen LogP contribution >= 0.6 is 0 Å². The van der Waals surface area contributed by atoms with Gasteiger partial charge in [0.25, 0.3) is 0 Å². The fourth-order valence-corrected chi connectivity index (χ4v) is 2.08. The van der Waals surface area contributed by atoms with Gasteiger partial charge in [-0.25, -0.2) is 0 Å². The van der Waals surface area contributed by atoms with Gasteiger partial charge in [-0.1, -0.05) is 23.8 Å². The molecule has 0 bridgehead atoms. The van der Waals surface area contributed by atoms with Crippen LogP contribution in [0, 0.1) is 6.92 Å². The zero-order valence-corrected chi connectivity index (χ0v) is 8.66. The normalized spacial score (nSPS) is 16.7. The summed E-state index contributed by atoms with van der Waals surface area (Å²) in [5, 5.41) is 8.88. The first-order chi connectivity index (χ1) is 6.79. The summed E-state index contributed by atoms with van der Waals surface area (Å²) in [7, 11) is 0. The summed E-state index contributed by atoms with van der Waals surface area (Å²) in [6.07, 6.45) is 1.12. The number of aliphatic hydroxyl groups excluding tert-OH is 1. The molecule has 76 valence electrons. The Morgan fingerprint density at radius 1 is 1.36 bits per heavy atom. The third-order valence-corrected chi connectivity index (χ3v) is 2.87. The molecule has 0 aliphatic carbocycles. The van der Waals surface area contributed by atoms with E-state index in [0.29, 0.717) is 0 Å². The molecule has 0 unspecified atom stereocenters. The molecule has 1 aliphatic heterocycles. The van der Waals surface area contributed by atoms with Gasteiger partial charge in [0.15, 0.2) is 0 Å². The lowest BCUT2D eigenvalue weighted by atomic mass is 9.98. The van der Waals surface area contributed by atoms with Crippen LogP contribution in [0.4, 0.5) is 0 Å².